The molecule has 0 aliphatic carbocycles. The maximum Gasteiger partial charge on any atom is 0.416 e. The zero-order chi connectivity index (χ0) is 16.0. The number of nitrogens with one attached hydrogen (secondary N) is 1. The smallest absolute Gasteiger partial charge is 0.391 e. The lowest BCUT2D eigenvalue weighted by atomic mass is 10.1. The molecular formula is C17H19F3NO+. The molecule has 2 rings (SSSR count). The van der Waals surface area contributed by atoms with Gasteiger partial charge < -0.3 is 10.0 Å². The first kappa shape index (κ1) is 16.5. The Hall–Kier alpha value is -1.85. The van der Waals surface area contributed by atoms with Crippen molar-refractivity contribution in [2.45, 2.75) is 19.3 Å². The Kier molecular flexibility index (Phi) is 5.57. The molecule has 2 nitrogen and oxygen atoms in total. The van der Waals surface area contributed by atoms with Crippen molar-refractivity contribution in [3.8, 4) is 0 Å². The van der Waals surface area contributed by atoms with E-state index in [2.05, 4.69) is 0 Å². The molecule has 0 saturated carbocycles. The first-order valence-corrected chi connectivity index (χ1v) is 7.13. The topological polar surface area (TPSA) is 24.7 Å². The van der Waals surface area contributed by atoms with Crippen LogP contribution in [-0.4, -0.2) is 18.3 Å². The normalized spacial score (nSPS) is 13.1. The molecule has 2 N–H and O–H groups in total. The maximum absolute atomic E-state index is 12.6. The van der Waals surface area contributed by atoms with E-state index in [0.717, 1.165) is 34.7 Å². The van der Waals surface area contributed by atoms with Gasteiger partial charge in [0.25, 0.3) is 0 Å². The van der Waals surface area contributed by atoms with Gasteiger partial charge in [-0.05, 0) is 12.1 Å². The molecular weight excluding hydrogens is 291 g/mol. The molecule has 22 heavy (non-hydrogen) atoms. The summed E-state index contributed by atoms with van der Waals surface area (Å²) in [6, 6.07) is 15.1. The van der Waals surface area contributed by atoms with Crippen molar-refractivity contribution in [2.24, 2.45) is 0 Å². The number of hydrogen-bond donors (Lipinski definition) is 2. The van der Waals surface area contributed by atoms with E-state index in [0.29, 0.717) is 13.1 Å². The van der Waals surface area contributed by atoms with Crippen LogP contribution < -0.4 is 4.90 Å². The second-order valence-electron chi connectivity index (χ2n) is 5.26. The van der Waals surface area contributed by atoms with Gasteiger partial charge in [-0.1, -0.05) is 42.5 Å². The number of benzene rings is 2. The van der Waals surface area contributed by atoms with Crippen LogP contribution in [0, 0.1) is 0 Å². The van der Waals surface area contributed by atoms with Crippen molar-refractivity contribution >= 4 is 0 Å². The SMILES string of the molecule is OCC[NH+](Cc1ccccc1)Cc1ccc(C(F)(F)F)cc1. The minimum absolute atomic E-state index is 0.0444. The highest BCUT2D eigenvalue weighted by Crippen LogP contribution is 2.28. The maximum atomic E-state index is 12.6. The van der Waals surface area contributed by atoms with Gasteiger partial charge in [0.2, 0.25) is 0 Å². The Balaban J connectivity index is 2.04. The van der Waals surface area contributed by atoms with Crippen LogP contribution >= 0.6 is 0 Å². The highest BCUT2D eigenvalue weighted by molar-refractivity contribution is 5.24. The molecule has 0 aliphatic heterocycles. The fourth-order valence-electron chi connectivity index (χ4n) is 2.38. The van der Waals surface area contributed by atoms with Crippen LogP contribution in [0.1, 0.15) is 16.7 Å². The first-order chi connectivity index (χ1) is 10.5. The second-order valence-corrected chi connectivity index (χ2v) is 5.26. The third-order valence-electron chi connectivity index (χ3n) is 3.50. The van der Waals surface area contributed by atoms with E-state index < -0.39 is 11.7 Å². The van der Waals surface area contributed by atoms with Gasteiger partial charge in [-0.25, -0.2) is 0 Å². The van der Waals surface area contributed by atoms with Crippen molar-refractivity contribution in [1.82, 2.24) is 0 Å². The number of aliphatic hydroxyl groups excluding tert-OH is 1. The number of rotatable bonds is 6. The number of hydrogen-bond acceptors (Lipinski definition) is 1. The number of aliphatic hydroxyl groups is 1. The summed E-state index contributed by atoms with van der Waals surface area (Å²) in [4.78, 5) is 1.11. The molecule has 0 radical (unpaired) electrons. The first-order valence-electron chi connectivity index (χ1n) is 7.13. The molecule has 0 aromatic heterocycles. The molecule has 0 spiro atoms. The van der Waals surface area contributed by atoms with Crippen molar-refractivity contribution < 1.29 is 23.2 Å². The molecule has 0 aliphatic rings. The van der Waals surface area contributed by atoms with Crippen LogP contribution in [0.2, 0.25) is 0 Å². The molecule has 2 aromatic rings. The summed E-state index contributed by atoms with van der Waals surface area (Å²) in [5, 5.41) is 9.17. The predicted molar refractivity (Wildman–Crippen MR) is 78.2 cm³/mol. The monoisotopic (exact) mass is 310 g/mol. The van der Waals surface area contributed by atoms with Gasteiger partial charge in [0, 0.05) is 11.1 Å². The highest BCUT2D eigenvalue weighted by Gasteiger charge is 2.30. The largest absolute Gasteiger partial charge is 0.416 e. The summed E-state index contributed by atoms with van der Waals surface area (Å²) in [5.41, 5.74) is 1.33. The summed E-state index contributed by atoms with van der Waals surface area (Å²) in [5.74, 6) is 0. The zero-order valence-electron chi connectivity index (χ0n) is 12.1. The summed E-state index contributed by atoms with van der Waals surface area (Å²) in [6.45, 7) is 1.90. The fraction of sp³-hybridized carbons (Fsp3) is 0.294. The third-order valence-corrected chi connectivity index (χ3v) is 3.50. The minimum atomic E-state index is -4.31. The Labute approximate surface area is 127 Å². The molecule has 1 atom stereocenters. The molecule has 0 saturated heterocycles. The van der Waals surface area contributed by atoms with E-state index in [1.54, 1.807) is 0 Å². The van der Waals surface area contributed by atoms with Crippen molar-refractivity contribution in [2.75, 3.05) is 13.2 Å². The van der Waals surface area contributed by atoms with Crippen molar-refractivity contribution in [1.29, 1.82) is 0 Å². The Morgan fingerprint density at radius 2 is 1.36 bits per heavy atom. The lowest BCUT2D eigenvalue weighted by Crippen LogP contribution is -3.09. The van der Waals surface area contributed by atoms with E-state index >= 15 is 0 Å². The van der Waals surface area contributed by atoms with Crippen LogP contribution in [0.3, 0.4) is 0 Å². The molecule has 1 unspecified atom stereocenters. The van der Waals surface area contributed by atoms with Gasteiger partial charge in [0.1, 0.15) is 19.6 Å². The summed E-state index contributed by atoms with van der Waals surface area (Å²) in [6.07, 6.45) is -4.31. The minimum Gasteiger partial charge on any atom is -0.391 e. The number of halogens is 3. The van der Waals surface area contributed by atoms with E-state index in [4.69, 9.17) is 0 Å². The van der Waals surface area contributed by atoms with Crippen LogP contribution in [0.4, 0.5) is 13.2 Å². The van der Waals surface area contributed by atoms with Crippen LogP contribution in [0.5, 0.6) is 0 Å². The molecule has 5 heteroatoms. The van der Waals surface area contributed by atoms with Gasteiger partial charge in [-0.3, -0.25) is 0 Å². The standard InChI is InChI=1S/C17H18F3NO/c18-17(19,20)16-8-6-15(7-9-16)13-21(10-11-22)12-14-4-2-1-3-5-14/h1-9,22H,10-13H2/p+1. The lowest BCUT2D eigenvalue weighted by Gasteiger charge is -2.19. The average molecular weight is 310 g/mol. The third kappa shape index (κ3) is 4.86. The van der Waals surface area contributed by atoms with E-state index in [1.807, 2.05) is 30.3 Å². The lowest BCUT2D eigenvalue weighted by molar-refractivity contribution is -0.927. The van der Waals surface area contributed by atoms with E-state index in [-0.39, 0.29) is 6.61 Å². The second kappa shape index (κ2) is 7.42. The van der Waals surface area contributed by atoms with Crippen LogP contribution in [0.15, 0.2) is 54.6 Å². The average Bonchev–Trinajstić information content (AvgIpc) is 2.48. The summed E-state index contributed by atoms with van der Waals surface area (Å²) >= 11 is 0. The quantitative estimate of drug-likeness (QED) is 0.841. The van der Waals surface area contributed by atoms with Crippen LogP contribution in [0.25, 0.3) is 0 Å². The van der Waals surface area contributed by atoms with Crippen molar-refractivity contribution in [3.63, 3.8) is 0 Å². The summed E-state index contributed by atoms with van der Waals surface area (Å²) < 4.78 is 37.7. The van der Waals surface area contributed by atoms with Gasteiger partial charge >= 0.3 is 6.18 Å². The van der Waals surface area contributed by atoms with Crippen LogP contribution in [-0.2, 0) is 19.3 Å². The summed E-state index contributed by atoms with van der Waals surface area (Å²) in [7, 11) is 0. The number of quaternary nitrogens is 1. The van der Waals surface area contributed by atoms with E-state index in [1.165, 1.54) is 12.1 Å². The number of alkyl halides is 3. The fourth-order valence-corrected chi connectivity index (χ4v) is 2.38. The molecule has 0 fully saturated rings. The van der Waals surface area contributed by atoms with Crippen molar-refractivity contribution in [3.05, 3.63) is 71.3 Å². The van der Waals surface area contributed by atoms with Gasteiger partial charge in [-0.2, -0.15) is 13.2 Å². The zero-order valence-corrected chi connectivity index (χ0v) is 12.1. The molecule has 118 valence electrons. The Bertz CT molecular complexity index is 567. The van der Waals surface area contributed by atoms with Gasteiger partial charge in [0.05, 0.1) is 12.2 Å². The van der Waals surface area contributed by atoms with Gasteiger partial charge in [-0.15, -0.1) is 0 Å². The molecule has 2 aromatic carbocycles. The highest BCUT2D eigenvalue weighted by atomic mass is 19.4. The Morgan fingerprint density at radius 1 is 0.818 bits per heavy atom. The Morgan fingerprint density at radius 3 is 1.86 bits per heavy atom. The predicted octanol–water partition coefficient (Wildman–Crippen LogP) is 2.28. The van der Waals surface area contributed by atoms with E-state index in [9.17, 15) is 18.3 Å². The molecule has 0 heterocycles. The molecule has 0 bridgehead atoms. The molecule has 0 amide bonds. The van der Waals surface area contributed by atoms with Gasteiger partial charge in [0.15, 0.2) is 0 Å².